The van der Waals surface area contributed by atoms with Gasteiger partial charge >= 0.3 is 0 Å². The van der Waals surface area contributed by atoms with Crippen LogP contribution in [0.5, 0.6) is 0 Å². The van der Waals surface area contributed by atoms with Gasteiger partial charge in [0.2, 0.25) is 5.95 Å². The van der Waals surface area contributed by atoms with Crippen LogP contribution in [-0.4, -0.2) is 52.8 Å². The number of nitrogens with one attached hydrogen (secondary N) is 1. The molecule has 0 saturated carbocycles. The summed E-state index contributed by atoms with van der Waals surface area (Å²) in [5.41, 5.74) is 0.0632. The molecule has 2 fully saturated rings. The first kappa shape index (κ1) is 17.0. The molecule has 1 aromatic rings. The molecule has 3 heterocycles. The smallest absolute Gasteiger partial charge is 0.222 e. The highest BCUT2D eigenvalue weighted by Crippen LogP contribution is 2.36. The number of hydrogen-bond acceptors (Lipinski definition) is 5. The number of aromatic nitrogens is 2. The van der Waals surface area contributed by atoms with Crippen molar-refractivity contribution in [2.75, 3.05) is 31.6 Å². The molecule has 2 atom stereocenters. The third-order valence-electron chi connectivity index (χ3n) is 6.05. The van der Waals surface area contributed by atoms with Crippen LogP contribution >= 0.6 is 0 Å². The summed E-state index contributed by atoms with van der Waals surface area (Å²) >= 11 is 0. The van der Waals surface area contributed by atoms with Crippen LogP contribution < -0.4 is 5.32 Å². The predicted octanol–water partition coefficient (Wildman–Crippen LogP) is 3.26. The fraction of sp³-hybridized carbons (Fsp3) is 0.700. The molecule has 0 radical (unpaired) electrons. The second-order valence-corrected chi connectivity index (χ2v) is 7.89. The number of likely N-dealkylation sites (tertiary alicyclic amines) is 1. The Kier molecular flexibility index (Phi) is 5.32. The first-order valence-corrected chi connectivity index (χ1v) is 9.86. The van der Waals surface area contributed by atoms with Gasteiger partial charge in [0, 0.05) is 44.7 Å². The lowest BCUT2D eigenvalue weighted by Gasteiger charge is -2.46. The average molecular weight is 342 g/mol. The van der Waals surface area contributed by atoms with Crippen LogP contribution in [0, 0.1) is 5.92 Å². The molecule has 0 aromatic carbocycles. The SMILES string of the molecule is C1=CC[C@@H](CN2CCC3(CC2)C[C@@H](Nc2ncccn2)CCO3)CC1. The van der Waals surface area contributed by atoms with Crippen molar-refractivity contribution in [3.63, 3.8) is 0 Å². The van der Waals surface area contributed by atoms with Gasteiger partial charge < -0.3 is 15.0 Å². The van der Waals surface area contributed by atoms with Crippen LogP contribution in [0.25, 0.3) is 0 Å². The fourth-order valence-corrected chi connectivity index (χ4v) is 4.59. The van der Waals surface area contributed by atoms with E-state index in [-0.39, 0.29) is 5.60 Å². The number of anilines is 1. The van der Waals surface area contributed by atoms with E-state index in [1.165, 1.54) is 38.9 Å². The van der Waals surface area contributed by atoms with Gasteiger partial charge in [-0.1, -0.05) is 12.2 Å². The topological polar surface area (TPSA) is 50.3 Å². The Morgan fingerprint density at radius 2 is 2.00 bits per heavy atom. The Morgan fingerprint density at radius 1 is 1.16 bits per heavy atom. The molecule has 2 aliphatic heterocycles. The molecule has 4 rings (SSSR count). The van der Waals surface area contributed by atoms with Crippen molar-refractivity contribution in [3.05, 3.63) is 30.6 Å². The minimum Gasteiger partial charge on any atom is -0.375 e. The zero-order valence-electron chi connectivity index (χ0n) is 15.1. The van der Waals surface area contributed by atoms with E-state index in [1.807, 2.05) is 6.07 Å². The van der Waals surface area contributed by atoms with E-state index < -0.39 is 0 Å². The maximum Gasteiger partial charge on any atom is 0.222 e. The van der Waals surface area contributed by atoms with E-state index in [1.54, 1.807) is 12.4 Å². The average Bonchev–Trinajstić information content (AvgIpc) is 2.66. The van der Waals surface area contributed by atoms with Gasteiger partial charge in [-0.15, -0.1) is 0 Å². The first-order chi connectivity index (χ1) is 12.3. The second-order valence-electron chi connectivity index (χ2n) is 7.89. The van der Waals surface area contributed by atoms with Gasteiger partial charge in [-0.05, 0) is 56.9 Å². The summed E-state index contributed by atoms with van der Waals surface area (Å²) < 4.78 is 6.29. The second kappa shape index (κ2) is 7.83. The van der Waals surface area contributed by atoms with Crippen molar-refractivity contribution in [2.24, 2.45) is 5.92 Å². The van der Waals surface area contributed by atoms with Gasteiger partial charge in [0.25, 0.3) is 0 Å². The number of piperidine rings is 1. The summed E-state index contributed by atoms with van der Waals surface area (Å²) in [5, 5.41) is 3.51. The van der Waals surface area contributed by atoms with Gasteiger partial charge in [0.15, 0.2) is 0 Å². The monoisotopic (exact) mass is 342 g/mol. The van der Waals surface area contributed by atoms with Gasteiger partial charge in [-0.25, -0.2) is 9.97 Å². The number of allylic oxidation sites excluding steroid dienone is 2. The van der Waals surface area contributed by atoms with E-state index in [9.17, 15) is 0 Å². The molecular weight excluding hydrogens is 312 g/mol. The maximum atomic E-state index is 6.29. The Bertz CT molecular complexity index is 568. The summed E-state index contributed by atoms with van der Waals surface area (Å²) in [4.78, 5) is 11.3. The molecule has 0 unspecified atom stereocenters. The van der Waals surface area contributed by atoms with E-state index >= 15 is 0 Å². The van der Waals surface area contributed by atoms with Crippen LogP contribution in [0.15, 0.2) is 30.6 Å². The Hall–Kier alpha value is -1.46. The molecule has 2 saturated heterocycles. The summed E-state index contributed by atoms with van der Waals surface area (Å²) in [7, 11) is 0. The molecule has 136 valence electrons. The normalized spacial score (nSPS) is 29.6. The lowest BCUT2D eigenvalue weighted by atomic mass is 9.82. The zero-order valence-corrected chi connectivity index (χ0v) is 15.1. The first-order valence-electron chi connectivity index (χ1n) is 9.86. The highest BCUT2D eigenvalue weighted by molar-refractivity contribution is 5.25. The fourth-order valence-electron chi connectivity index (χ4n) is 4.59. The summed E-state index contributed by atoms with van der Waals surface area (Å²) in [5.74, 6) is 1.60. The highest BCUT2D eigenvalue weighted by Gasteiger charge is 2.40. The summed E-state index contributed by atoms with van der Waals surface area (Å²) in [6.07, 6.45) is 16.6. The molecule has 1 spiro atoms. The van der Waals surface area contributed by atoms with Crippen molar-refractivity contribution in [2.45, 2.75) is 56.6 Å². The lowest BCUT2D eigenvalue weighted by molar-refractivity contribution is -0.115. The molecule has 1 aliphatic carbocycles. The van der Waals surface area contributed by atoms with Crippen molar-refractivity contribution < 1.29 is 4.74 Å². The number of ether oxygens (including phenoxy) is 1. The van der Waals surface area contributed by atoms with Gasteiger partial charge in [-0.3, -0.25) is 0 Å². The van der Waals surface area contributed by atoms with Crippen molar-refractivity contribution >= 4 is 5.95 Å². The van der Waals surface area contributed by atoms with Crippen molar-refractivity contribution in [3.8, 4) is 0 Å². The van der Waals surface area contributed by atoms with Crippen molar-refractivity contribution in [1.82, 2.24) is 14.9 Å². The Morgan fingerprint density at radius 3 is 2.76 bits per heavy atom. The van der Waals surface area contributed by atoms with Gasteiger partial charge in [0.1, 0.15) is 0 Å². The third kappa shape index (κ3) is 4.39. The van der Waals surface area contributed by atoms with Crippen LogP contribution in [0.1, 0.15) is 44.9 Å². The Labute approximate surface area is 150 Å². The van der Waals surface area contributed by atoms with E-state index in [0.717, 1.165) is 44.2 Å². The largest absolute Gasteiger partial charge is 0.375 e. The lowest BCUT2D eigenvalue weighted by Crippen LogP contribution is -2.52. The zero-order chi connectivity index (χ0) is 17.0. The summed E-state index contributed by atoms with van der Waals surface area (Å²) in [6.45, 7) is 4.46. The molecule has 1 N–H and O–H groups in total. The molecule has 5 nitrogen and oxygen atoms in total. The van der Waals surface area contributed by atoms with Gasteiger partial charge in [0.05, 0.1) is 5.60 Å². The quantitative estimate of drug-likeness (QED) is 0.851. The number of rotatable bonds is 4. The molecule has 1 aromatic heterocycles. The minimum absolute atomic E-state index is 0.0632. The number of hydrogen-bond donors (Lipinski definition) is 1. The van der Waals surface area contributed by atoms with Crippen molar-refractivity contribution in [1.29, 1.82) is 0 Å². The number of nitrogens with zero attached hydrogens (tertiary/aromatic N) is 3. The van der Waals surface area contributed by atoms with E-state index in [4.69, 9.17) is 4.74 Å². The van der Waals surface area contributed by atoms with Crippen LogP contribution in [0.3, 0.4) is 0 Å². The standard InChI is InChI=1S/C20H30N4O/c1-2-5-17(6-3-1)16-24-12-8-20(9-13-24)15-18(7-14-25-20)23-19-21-10-4-11-22-19/h1-2,4,10-11,17-18H,3,5-9,12-16H2,(H,21,22,23)/t17-,18+/m1/s1. The maximum absolute atomic E-state index is 6.29. The summed E-state index contributed by atoms with van der Waals surface area (Å²) in [6, 6.07) is 2.28. The molecule has 5 heteroatoms. The van der Waals surface area contributed by atoms with Crippen LogP contribution in [0.4, 0.5) is 5.95 Å². The van der Waals surface area contributed by atoms with E-state index in [2.05, 4.69) is 32.3 Å². The molecule has 3 aliphatic rings. The third-order valence-corrected chi connectivity index (χ3v) is 6.05. The van der Waals surface area contributed by atoms with E-state index in [0.29, 0.717) is 6.04 Å². The predicted molar refractivity (Wildman–Crippen MR) is 99.5 cm³/mol. The van der Waals surface area contributed by atoms with Crippen LogP contribution in [0.2, 0.25) is 0 Å². The molecule has 0 bridgehead atoms. The molecule has 25 heavy (non-hydrogen) atoms. The van der Waals surface area contributed by atoms with Gasteiger partial charge in [-0.2, -0.15) is 0 Å². The minimum atomic E-state index is 0.0632. The highest BCUT2D eigenvalue weighted by atomic mass is 16.5. The van der Waals surface area contributed by atoms with Crippen LogP contribution in [-0.2, 0) is 4.74 Å². The Balaban J connectivity index is 1.28. The molecular formula is C20H30N4O. The molecule has 0 amide bonds.